The molecule has 4 rings (SSSR count). The number of aliphatic hydroxyl groups is 1. The summed E-state index contributed by atoms with van der Waals surface area (Å²) in [4.78, 5) is 17.8. The molecule has 0 saturated heterocycles. The summed E-state index contributed by atoms with van der Waals surface area (Å²) in [5.41, 5.74) is 2.38. The van der Waals surface area contributed by atoms with Gasteiger partial charge in [-0.05, 0) is 61.2 Å². The molecular weight excluding hydrogens is 507 g/mol. The van der Waals surface area contributed by atoms with Gasteiger partial charge in [-0.3, -0.25) is 4.79 Å². The highest BCUT2D eigenvalue weighted by Gasteiger charge is 2.22. The zero-order valence-corrected chi connectivity index (χ0v) is 21.0. The molecule has 37 heavy (non-hydrogen) atoms. The van der Waals surface area contributed by atoms with Crippen molar-refractivity contribution >= 4 is 11.6 Å². The van der Waals surface area contributed by atoms with Crippen molar-refractivity contribution in [3.63, 3.8) is 0 Å². The van der Waals surface area contributed by atoms with Crippen LogP contribution in [0.2, 0.25) is 5.02 Å². The lowest BCUT2D eigenvalue weighted by Gasteiger charge is -2.22. The number of nitrogens with zero attached hydrogens (tertiary/aromatic N) is 3. The van der Waals surface area contributed by atoms with Gasteiger partial charge < -0.3 is 19.0 Å². The maximum Gasteiger partial charge on any atom is 0.254 e. The number of ether oxygens (including phenoxy) is 1. The Labute approximate surface area is 216 Å². The summed E-state index contributed by atoms with van der Waals surface area (Å²) in [6.45, 7) is 1.68. The molecule has 2 heterocycles. The van der Waals surface area contributed by atoms with E-state index in [9.17, 15) is 23.1 Å². The highest BCUT2D eigenvalue weighted by molar-refractivity contribution is 6.30. The standard InChI is InChI=1S/C27H25ClF3N3O3/c1-16-13-33(15-32-16)24-6-5-17(9-25(24)37-2)8-19-10-20(28)14-34(27(19)36)23(4-3-7-35)18-11-21(29)26(31)22(30)12-18/h5-6,9-15,23,35H,3-4,7-8H2,1-2H3. The second-order valence-corrected chi connectivity index (χ2v) is 9.12. The molecule has 1 unspecified atom stereocenters. The summed E-state index contributed by atoms with van der Waals surface area (Å²) in [6, 6.07) is 7.89. The zero-order chi connectivity index (χ0) is 26.7. The molecular formula is C27H25ClF3N3O3. The predicted octanol–water partition coefficient (Wildman–Crippen LogP) is 5.37. The maximum atomic E-state index is 14.0. The van der Waals surface area contributed by atoms with Crippen molar-refractivity contribution in [2.75, 3.05) is 13.7 Å². The average molecular weight is 532 g/mol. The zero-order valence-electron chi connectivity index (χ0n) is 20.2. The Kier molecular flexibility index (Phi) is 8.04. The molecule has 0 saturated carbocycles. The van der Waals surface area contributed by atoms with Crippen molar-refractivity contribution in [2.45, 2.75) is 32.2 Å². The number of benzene rings is 2. The van der Waals surface area contributed by atoms with E-state index in [2.05, 4.69) is 4.98 Å². The summed E-state index contributed by atoms with van der Waals surface area (Å²) in [5.74, 6) is -3.73. The van der Waals surface area contributed by atoms with E-state index in [4.69, 9.17) is 16.3 Å². The maximum absolute atomic E-state index is 14.0. The fourth-order valence-corrected chi connectivity index (χ4v) is 4.55. The predicted molar refractivity (Wildman–Crippen MR) is 134 cm³/mol. The van der Waals surface area contributed by atoms with Gasteiger partial charge in [0.05, 0.1) is 35.9 Å². The summed E-state index contributed by atoms with van der Waals surface area (Å²) in [7, 11) is 1.55. The molecule has 0 fully saturated rings. The fraction of sp³-hybridized carbons (Fsp3) is 0.259. The van der Waals surface area contributed by atoms with E-state index in [0.717, 1.165) is 29.1 Å². The smallest absolute Gasteiger partial charge is 0.254 e. The van der Waals surface area contributed by atoms with E-state index in [1.54, 1.807) is 13.4 Å². The van der Waals surface area contributed by atoms with E-state index >= 15 is 0 Å². The van der Waals surface area contributed by atoms with E-state index < -0.39 is 29.1 Å². The van der Waals surface area contributed by atoms with Gasteiger partial charge in [-0.25, -0.2) is 18.2 Å². The Morgan fingerprint density at radius 1 is 1.11 bits per heavy atom. The van der Waals surface area contributed by atoms with Crippen LogP contribution in [0, 0.1) is 24.4 Å². The normalized spacial score (nSPS) is 12.1. The summed E-state index contributed by atoms with van der Waals surface area (Å²) >= 11 is 6.36. The van der Waals surface area contributed by atoms with Crippen LogP contribution < -0.4 is 10.3 Å². The second kappa shape index (κ2) is 11.2. The number of halogens is 4. The molecule has 194 valence electrons. The molecule has 4 aromatic rings. The van der Waals surface area contributed by atoms with Crippen molar-refractivity contribution in [1.82, 2.24) is 14.1 Å². The van der Waals surface area contributed by atoms with Gasteiger partial charge in [0.25, 0.3) is 5.56 Å². The monoisotopic (exact) mass is 531 g/mol. The van der Waals surface area contributed by atoms with Crippen LogP contribution in [0.3, 0.4) is 0 Å². The molecule has 1 N–H and O–H groups in total. The van der Waals surface area contributed by atoms with E-state index in [1.165, 1.54) is 16.8 Å². The number of aliphatic hydroxyl groups excluding tert-OH is 1. The molecule has 0 aliphatic carbocycles. The average Bonchev–Trinajstić information content (AvgIpc) is 3.31. The second-order valence-electron chi connectivity index (χ2n) is 8.68. The van der Waals surface area contributed by atoms with Crippen LogP contribution in [0.1, 0.15) is 41.3 Å². The van der Waals surface area contributed by atoms with Crippen LogP contribution in [0.5, 0.6) is 5.75 Å². The minimum Gasteiger partial charge on any atom is -0.495 e. The Balaban J connectivity index is 1.74. The Bertz CT molecular complexity index is 1460. The third-order valence-corrected chi connectivity index (χ3v) is 6.28. The van der Waals surface area contributed by atoms with Crippen LogP contribution in [-0.4, -0.2) is 32.9 Å². The van der Waals surface area contributed by atoms with E-state index in [-0.39, 0.29) is 36.5 Å². The number of hydrogen-bond donors (Lipinski definition) is 1. The minimum atomic E-state index is -1.59. The molecule has 10 heteroatoms. The molecule has 1 atom stereocenters. The van der Waals surface area contributed by atoms with Crippen molar-refractivity contribution in [3.05, 3.63) is 110 Å². The molecule has 6 nitrogen and oxygen atoms in total. The molecule has 2 aromatic carbocycles. The lowest BCUT2D eigenvalue weighted by molar-refractivity contribution is 0.275. The van der Waals surface area contributed by atoms with Crippen LogP contribution in [0.15, 0.2) is 59.9 Å². The number of imidazole rings is 1. The van der Waals surface area contributed by atoms with Gasteiger partial charge in [0, 0.05) is 31.0 Å². The van der Waals surface area contributed by atoms with Crippen LogP contribution in [0.4, 0.5) is 13.2 Å². The largest absolute Gasteiger partial charge is 0.495 e. The number of methoxy groups -OCH3 is 1. The third-order valence-electron chi connectivity index (χ3n) is 6.07. The lowest BCUT2D eigenvalue weighted by atomic mass is 10.00. The molecule has 0 amide bonds. The van der Waals surface area contributed by atoms with Crippen LogP contribution in [-0.2, 0) is 6.42 Å². The molecule has 0 aliphatic heterocycles. The van der Waals surface area contributed by atoms with E-state index in [1.807, 2.05) is 35.9 Å². The first kappa shape index (κ1) is 26.5. The Morgan fingerprint density at radius 2 is 1.84 bits per heavy atom. The van der Waals surface area contributed by atoms with Gasteiger partial charge in [-0.2, -0.15) is 0 Å². The summed E-state index contributed by atoms with van der Waals surface area (Å²) < 4.78 is 50.3. The first-order valence-corrected chi connectivity index (χ1v) is 11.9. The number of pyridine rings is 1. The van der Waals surface area contributed by atoms with Crippen molar-refractivity contribution < 1.29 is 23.0 Å². The summed E-state index contributed by atoms with van der Waals surface area (Å²) in [6.07, 6.45) is 5.54. The highest BCUT2D eigenvalue weighted by Crippen LogP contribution is 2.28. The number of rotatable bonds is 9. The van der Waals surface area contributed by atoms with Gasteiger partial charge in [0.2, 0.25) is 0 Å². The fourth-order valence-electron chi connectivity index (χ4n) is 4.32. The molecule has 0 spiro atoms. The van der Waals surface area contributed by atoms with Crippen LogP contribution in [0.25, 0.3) is 5.69 Å². The van der Waals surface area contributed by atoms with Gasteiger partial charge >= 0.3 is 0 Å². The topological polar surface area (TPSA) is 69.3 Å². The number of hydrogen-bond acceptors (Lipinski definition) is 4. The van der Waals surface area contributed by atoms with Gasteiger partial charge in [-0.15, -0.1) is 0 Å². The van der Waals surface area contributed by atoms with Gasteiger partial charge in [-0.1, -0.05) is 17.7 Å². The minimum absolute atomic E-state index is 0.0572. The number of aryl methyl sites for hydroxylation is 1. The SMILES string of the molecule is COc1cc(Cc2cc(Cl)cn(C(CCCO)c3cc(F)c(F)c(F)c3)c2=O)ccc1-n1cnc(C)c1. The molecule has 0 aliphatic rings. The molecule has 0 bridgehead atoms. The van der Waals surface area contributed by atoms with Gasteiger partial charge in [0.1, 0.15) is 5.75 Å². The first-order chi connectivity index (χ1) is 17.7. The van der Waals surface area contributed by atoms with Crippen molar-refractivity contribution in [3.8, 4) is 11.4 Å². The quantitative estimate of drug-likeness (QED) is 0.295. The summed E-state index contributed by atoms with van der Waals surface area (Å²) in [5, 5.41) is 9.59. The molecule has 0 radical (unpaired) electrons. The lowest BCUT2D eigenvalue weighted by Crippen LogP contribution is -2.28. The first-order valence-electron chi connectivity index (χ1n) is 11.6. The highest BCUT2D eigenvalue weighted by atomic mass is 35.5. The van der Waals surface area contributed by atoms with Crippen molar-refractivity contribution in [1.29, 1.82) is 0 Å². The number of aromatic nitrogens is 3. The molecule has 2 aromatic heterocycles. The van der Waals surface area contributed by atoms with Gasteiger partial charge in [0.15, 0.2) is 17.5 Å². The van der Waals surface area contributed by atoms with Crippen LogP contribution >= 0.6 is 11.6 Å². The van der Waals surface area contributed by atoms with E-state index in [0.29, 0.717) is 11.3 Å². The van der Waals surface area contributed by atoms with Crippen molar-refractivity contribution in [2.24, 2.45) is 0 Å². The Hall–Kier alpha value is -3.56. The Morgan fingerprint density at radius 3 is 2.46 bits per heavy atom. The third kappa shape index (κ3) is 5.73.